The van der Waals surface area contributed by atoms with Crippen molar-refractivity contribution in [2.24, 2.45) is 0 Å². The van der Waals surface area contributed by atoms with E-state index < -0.39 is 0 Å². The van der Waals surface area contributed by atoms with E-state index in [0.29, 0.717) is 0 Å². The molecule has 0 aliphatic heterocycles. The van der Waals surface area contributed by atoms with Gasteiger partial charge in [0.25, 0.3) is 0 Å². The van der Waals surface area contributed by atoms with Gasteiger partial charge in [-0.15, -0.1) is 17.8 Å². The van der Waals surface area contributed by atoms with Gasteiger partial charge in [0.15, 0.2) is 0 Å². The summed E-state index contributed by atoms with van der Waals surface area (Å²) in [5.41, 5.74) is 1.11. The standard InChI is InChI=1S/C8H7Br2NS/c1-3-6(11-2)5-4-7(9)12-8(5)10/h1,4,6,11H,2H3. The van der Waals surface area contributed by atoms with Crippen molar-refractivity contribution in [2.75, 3.05) is 7.05 Å². The second kappa shape index (κ2) is 4.43. The van der Waals surface area contributed by atoms with Crippen molar-refractivity contribution >= 4 is 43.2 Å². The molecule has 0 saturated carbocycles. The van der Waals surface area contributed by atoms with Gasteiger partial charge in [0.2, 0.25) is 0 Å². The van der Waals surface area contributed by atoms with Crippen molar-refractivity contribution in [3.63, 3.8) is 0 Å². The molecule has 0 bridgehead atoms. The molecule has 0 aliphatic carbocycles. The van der Waals surface area contributed by atoms with Crippen LogP contribution in [0.3, 0.4) is 0 Å². The van der Waals surface area contributed by atoms with Gasteiger partial charge in [-0.1, -0.05) is 5.92 Å². The van der Waals surface area contributed by atoms with Crippen LogP contribution in [-0.4, -0.2) is 7.05 Å². The fourth-order valence-electron chi connectivity index (χ4n) is 0.878. The van der Waals surface area contributed by atoms with Gasteiger partial charge in [-0.25, -0.2) is 0 Å². The Balaban J connectivity index is 3.02. The Morgan fingerprint density at radius 2 is 2.33 bits per heavy atom. The molecular formula is C8H7Br2NS. The van der Waals surface area contributed by atoms with Crippen LogP contribution in [0.25, 0.3) is 0 Å². The number of nitrogens with one attached hydrogen (secondary N) is 1. The molecule has 1 nitrogen and oxygen atoms in total. The third kappa shape index (κ3) is 2.11. The Labute approximate surface area is 92.8 Å². The average molecular weight is 309 g/mol. The van der Waals surface area contributed by atoms with Crippen molar-refractivity contribution in [2.45, 2.75) is 6.04 Å². The lowest BCUT2D eigenvalue weighted by Crippen LogP contribution is -2.13. The highest BCUT2D eigenvalue weighted by molar-refractivity contribution is 9.12. The van der Waals surface area contributed by atoms with Crippen molar-refractivity contribution in [1.82, 2.24) is 5.32 Å². The third-order valence-corrected chi connectivity index (χ3v) is 3.84. The van der Waals surface area contributed by atoms with Gasteiger partial charge in [-0.05, 0) is 45.0 Å². The molecule has 1 N–H and O–H groups in total. The molecule has 1 rings (SSSR count). The highest BCUT2D eigenvalue weighted by Crippen LogP contribution is 2.35. The van der Waals surface area contributed by atoms with E-state index in [1.165, 1.54) is 0 Å². The van der Waals surface area contributed by atoms with Crippen LogP contribution in [0.4, 0.5) is 0 Å². The van der Waals surface area contributed by atoms with E-state index in [2.05, 4.69) is 43.1 Å². The number of halogens is 2. The van der Waals surface area contributed by atoms with E-state index >= 15 is 0 Å². The minimum atomic E-state index is -0.0121. The number of thiophene rings is 1. The summed E-state index contributed by atoms with van der Waals surface area (Å²) in [7, 11) is 1.85. The summed E-state index contributed by atoms with van der Waals surface area (Å²) in [4.78, 5) is 0. The van der Waals surface area contributed by atoms with E-state index in [0.717, 1.165) is 13.1 Å². The summed E-state index contributed by atoms with van der Waals surface area (Å²) >= 11 is 8.48. The minimum Gasteiger partial charge on any atom is -0.303 e. The zero-order valence-corrected chi connectivity index (χ0v) is 10.4. The Bertz CT molecular complexity index is 313. The molecule has 1 heterocycles. The first-order valence-electron chi connectivity index (χ1n) is 3.27. The van der Waals surface area contributed by atoms with Crippen LogP contribution in [0.1, 0.15) is 11.6 Å². The van der Waals surface area contributed by atoms with Crippen LogP contribution in [-0.2, 0) is 0 Å². The number of hydrogen-bond donors (Lipinski definition) is 1. The maximum absolute atomic E-state index is 5.35. The quantitative estimate of drug-likeness (QED) is 0.828. The molecule has 64 valence electrons. The molecule has 0 saturated heterocycles. The van der Waals surface area contributed by atoms with Crippen LogP contribution >= 0.6 is 43.2 Å². The minimum absolute atomic E-state index is 0.0121. The Morgan fingerprint density at radius 1 is 1.67 bits per heavy atom. The second-order valence-electron chi connectivity index (χ2n) is 2.17. The van der Waals surface area contributed by atoms with Gasteiger partial charge in [0, 0.05) is 5.56 Å². The Morgan fingerprint density at radius 3 is 2.67 bits per heavy atom. The summed E-state index contributed by atoms with van der Waals surface area (Å²) in [5, 5.41) is 3.04. The lowest BCUT2D eigenvalue weighted by molar-refractivity contribution is 0.737. The van der Waals surface area contributed by atoms with Gasteiger partial charge in [-0.2, -0.15) is 0 Å². The first-order chi connectivity index (χ1) is 5.69. The fraction of sp³-hybridized carbons (Fsp3) is 0.250. The fourth-order valence-corrected chi connectivity index (χ4v) is 3.78. The van der Waals surface area contributed by atoms with Crippen LogP contribution in [0.5, 0.6) is 0 Å². The van der Waals surface area contributed by atoms with E-state index in [1.807, 2.05) is 13.1 Å². The summed E-state index contributed by atoms with van der Waals surface area (Å²) in [5.74, 6) is 2.67. The Kier molecular flexibility index (Phi) is 3.78. The van der Waals surface area contributed by atoms with Crippen LogP contribution in [0, 0.1) is 12.3 Å². The van der Waals surface area contributed by atoms with Gasteiger partial charge < -0.3 is 5.32 Å². The molecule has 1 aromatic rings. The van der Waals surface area contributed by atoms with Crippen molar-refractivity contribution in [1.29, 1.82) is 0 Å². The van der Waals surface area contributed by atoms with Crippen molar-refractivity contribution < 1.29 is 0 Å². The zero-order valence-electron chi connectivity index (χ0n) is 6.40. The summed E-state index contributed by atoms with van der Waals surface area (Å²) in [6, 6.07) is 2.01. The monoisotopic (exact) mass is 307 g/mol. The SMILES string of the molecule is C#CC(NC)c1cc(Br)sc1Br. The van der Waals surface area contributed by atoms with Crippen LogP contribution in [0.2, 0.25) is 0 Å². The maximum atomic E-state index is 5.35. The van der Waals surface area contributed by atoms with Crippen molar-refractivity contribution in [3.05, 3.63) is 19.2 Å². The van der Waals surface area contributed by atoms with E-state index in [1.54, 1.807) is 11.3 Å². The molecule has 12 heavy (non-hydrogen) atoms. The van der Waals surface area contributed by atoms with E-state index in [-0.39, 0.29) is 6.04 Å². The van der Waals surface area contributed by atoms with Crippen LogP contribution in [0.15, 0.2) is 13.6 Å². The van der Waals surface area contributed by atoms with Crippen molar-refractivity contribution in [3.8, 4) is 12.3 Å². The predicted molar refractivity (Wildman–Crippen MR) is 60.4 cm³/mol. The molecule has 0 spiro atoms. The molecule has 0 fully saturated rings. The molecule has 4 heteroatoms. The normalized spacial score (nSPS) is 12.5. The largest absolute Gasteiger partial charge is 0.303 e. The lowest BCUT2D eigenvalue weighted by Gasteiger charge is -2.06. The van der Waals surface area contributed by atoms with Crippen LogP contribution < -0.4 is 5.32 Å². The molecule has 0 aromatic carbocycles. The zero-order chi connectivity index (χ0) is 9.14. The molecule has 0 radical (unpaired) electrons. The lowest BCUT2D eigenvalue weighted by atomic mass is 10.2. The molecule has 0 amide bonds. The average Bonchev–Trinajstić information content (AvgIpc) is 2.34. The molecule has 0 aliphatic rings. The number of hydrogen-bond acceptors (Lipinski definition) is 2. The molecule has 1 aromatic heterocycles. The molecule has 1 unspecified atom stereocenters. The van der Waals surface area contributed by atoms with Gasteiger partial charge in [0.1, 0.15) is 0 Å². The van der Waals surface area contributed by atoms with Gasteiger partial charge in [0.05, 0.1) is 13.6 Å². The van der Waals surface area contributed by atoms with E-state index in [4.69, 9.17) is 6.42 Å². The molecular weight excluding hydrogens is 302 g/mol. The van der Waals surface area contributed by atoms with E-state index in [9.17, 15) is 0 Å². The summed E-state index contributed by atoms with van der Waals surface area (Å²) in [6.07, 6.45) is 5.35. The smallest absolute Gasteiger partial charge is 0.0960 e. The first-order valence-corrected chi connectivity index (χ1v) is 5.67. The summed E-state index contributed by atoms with van der Waals surface area (Å²) in [6.45, 7) is 0. The topological polar surface area (TPSA) is 12.0 Å². The second-order valence-corrected chi connectivity index (χ2v) is 5.92. The number of terminal acetylenes is 1. The first kappa shape index (κ1) is 10.3. The predicted octanol–water partition coefficient (Wildman–Crippen LogP) is 3.17. The van der Waals surface area contributed by atoms with Gasteiger partial charge >= 0.3 is 0 Å². The Hall–Kier alpha value is 0.180. The summed E-state index contributed by atoms with van der Waals surface area (Å²) < 4.78 is 2.16. The highest BCUT2D eigenvalue weighted by Gasteiger charge is 2.12. The number of rotatable bonds is 2. The maximum Gasteiger partial charge on any atom is 0.0960 e. The van der Waals surface area contributed by atoms with Gasteiger partial charge in [-0.3, -0.25) is 0 Å². The third-order valence-electron chi connectivity index (χ3n) is 1.45. The molecule has 1 atom stereocenters. The highest BCUT2D eigenvalue weighted by atomic mass is 79.9.